The van der Waals surface area contributed by atoms with E-state index in [1.807, 2.05) is 18.2 Å². The van der Waals surface area contributed by atoms with Crippen LogP contribution < -0.4 is 25.1 Å². The molecule has 1 spiro atoms. The number of hydrogen-bond acceptors (Lipinski definition) is 11. The van der Waals surface area contributed by atoms with E-state index in [4.69, 9.17) is 14.2 Å². The topological polar surface area (TPSA) is 170 Å². The van der Waals surface area contributed by atoms with Crippen LogP contribution in [0.15, 0.2) is 59.8 Å². The van der Waals surface area contributed by atoms with Crippen molar-refractivity contribution in [1.29, 1.82) is 0 Å². The Labute approximate surface area is 347 Å². The summed E-state index contributed by atoms with van der Waals surface area (Å²) in [6, 6.07) is 9.53. The molecule has 60 heavy (non-hydrogen) atoms. The SMILES string of the molecule is COc1cc(-c2cn(C)c(=O)c3cnccc23)cc(OC)c1CN(C)C(=O)CCCCN1CCCC2(CC(Oc3ccc4c(c3)C(=O)N([C@H]3CCC(=O)NC3=O)C4=O)C2)C1. The van der Waals surface area contributed by atoms with Crippen LogP contribution in [0.1, 0.15) is 84.1 Å². The summed E-state index contributed by atoms with van der Waals surface area (Å²) in [6.45, 7) is 3.21. The zero-order valence-corrected chi connectivity index (χ0v) is 34.5. The number of hydrogen-bond donors (Lipinski definition) is 1. The largest absolute Gasteiger partial charge is 0.496 e. The summed E-state index contributed by atoms with van der Waals surface area (Å²) in [5.74, 6) is -0.403. The van der Waals surface area contributed by atoms with Gasteiger partial charge >= 0.3 is 0 Å². The molecule has 314 valence electrons. The summed E-state index contributed by atoms with van der Waals surface area (Å²) >= 11 is 0. The Kier molecular flexibility index (Phi) is 11.2. The number of fused-ring (bicyclic) bond motifs is 2. The molecule has 1 saturated carbocycles. The summed E-state index contributed by atoms with van der Waals surface area (Å²) in [5.41, 5.74) is 2.89. The van der Waals surface area contributed by atoms with Crippen molar-refractivity contribution in [2.24, 2.45) is 12.5 Å². The average Bonchev–Trinajstić information content (AvgIpc) is 3.47. The first kappa shape index (κ1) is 40.7. The maximum absolute atomic E-state index is 13.4. The van der Waals surface area contributed by atoms with Gasteiger partial charge in [-0.05, 0) is 111 Å². The number of imide groups is 2. The van der Waals surface area contributed by atoms with Gasteiger partial charge in [0.2, 0.25) is 17.7 Å². The van der Waals surface area contributed by atoms with Crippen molar-refractivity contribution in [2.75, 3.05) is 40.9 Å². The monoisotopic (exact) mass is 818 g/mol. The fraction of sp³-hybridized carbons (Fsp3) is 0.444. The van der Waals surface area contributed by atoms with Gasteiger partial charge in [-0.2, -0.15) is 0 Å². The Bertz CT molecular complexity index is 2430. The number of piperidine rings is 2. The number of unbranched alkanes of at least 4 members (excludes halogenated alkanes) is 1. The molecule has 1 aliphatic carbocycles. The molecule has 2 saturated heterocycles. The number of rotatable bonds is 13. The van der Waals surface area contributed by atoms with Gasteiger partial charge in [-0.1, -0.05) is 0 Å². The number of carbonyl (C=O) groups is 5. The molecule has 4 aromatic rings. The van der Waals surface area contributed by atoms with E-state index in [0.717, 1.165) is 85.1 Å². The van der Waals surface area contributed by atoms with Gasteiger partial charge in [0.1, 0.15) is 23.3 Å². The van der Waals surface area contributed by atoms with Crippen LogP contribution >= 0.6 is 0 Å². The number of benzene rings is 2. The fourth-order valence-corrected chi connectivity index (χ4v) is 9.50. The minimum absolute atomic E-state index is 0.00551. The summed E-state index contributed by atoms with van der Waals surface area (Å²) in [7, 11) is 6.69. The van der Waals surface area contributed by atoms with E-state index >= 15 is 0 Å². The minimum atomic E-state index is -1.01. The molecule has 3 fully saturated rings. The number of aryl methyl sites for hydroxylation is 1. The fourth-order valence-electron chi connectivity index (χ4n) is 9.50. The van der Waals surface area contributed by atoms with Gasteiger partial charge in [0.25, 0.3) is 17.4 Å². The van der Waals surface area contributed by atoms with E-state index in [9.17, 15) is 28.8 Å². The maximum atomic E-state index is 13.4. The van der Waals surface area contributed by atoms with Crippen molar-refractivity contribution < 1.29 is 38.2 Å². The molecule has 0 radical (unpaired) electrons. The summed E-state index contributed by atoms with van der Waals surface area (Å²) < 4.78 is 19.5. The van der Waals surface area contributed by atoms with E-state index in [1.165, 1.54) is 4.57 Å². The van der Waals surface area contributed by atoms with Crippen LogP contribution in [0, 0.1) is 5.41 Å². The molecule has 4 aliphatic rings. The van der Waals surface area contributed by atoms with Crippen LogP contribution in [0.4, 0.5) is 0 Å². The van der Waals surface area contributed by atoms with E-state index in [1.54, 1.807) is 70.0 Å². The number of pyridine rings is 2. The number of ether oxygens (including phenoxy) is 3. The number of nitrogens with one attached hydrogen (secondary N) is 1. The number of carbonyl (C=O) groups excluding carboxylic acids is 5. The third-order valence-electron chi connectivity index (χ3n) is 12.6. The Hall–Kier alpha value is -6.09. The molecular weight excluding hydrogens is 769 g/mol. The van der Waals surface area contributed by atoms with E-state index in [0.29, 0.717) is 35.6 Å². The van der Waals surface area contributed by atoms with Crippen LogP contribution in [-0.2, 0) is 28.0 Å². The normalized spacial score (nSPS) is 21.5. The molecule has 1 N–H and O–H groups in total. The Morgan fingerprint density at radius 1 is 0.950 bits per heavy atom. The van der Waals surface area contributed by atoms with Gasteiger partial charge in [0.05, 0.1) is 48.9 Å². The smallest absolute Gasteiger partial charge is 0.262 e. The van der Waals surface area contributed by atoms with Crippen LogP contribution in [-0.4, -0.2) is 107 Å². The lowest BCUT2D eigenvalue weighted by Crippen LogP contribution is -2.54. The third-order valence-corrected chi connectivity index (χ3v) is 12.6. The van der Waals surface area contributed by atoms with E-state index < -0.39 is 29.7 Å². The lowest BCUT2D eigenvalue weighted by Gasteiger charge is -2.52. The predicted molar refractivity (Wildman–Crippen MR) is 221 cm³/mol. The Morgan fingerprint density at radius 3 is 2.43 bits per heavy atom. The summed E-state index contributed by atoms with van der Waals surface area (Å²) in [5, 5.41) is 3.52. The Morgan fingerprint density at radius 2 is 1.70 bits per heavy atom. The number of methoxy groups -OCH3 is 2. The first-order chi connectivity index (χ1) is 28.9. The summed E-state index contributed by atoms with van der Waals surface area (Å²) in [6.07, 6.45) is 11.3. The number of amides is 5. The van der Waals surface area contributed by atoms with Crippen molar-refractivity contribution in [1.82, 2.24) is 29.6 Å². The van der Waals surface area contributed by atoms with Gasteiger partial charge in [0.15, 0.2) is 0 Å². The highest BCUT2D eigenvalue weighted by molar-refractivity contribution is 6.23. The van der Waals surface area contributed by atoms with Gasteiger partial charge < -0.3 is 28.6 Å². The van der Waals surface area contributed by atoms with Crippen LogP contribution in [0.3, 0.4) is 0 Å². The zero-order valence-electron chi connectivity index (χ0n) is 34.5. The minimum Gasteiger partial charge on any atom is -0.496 e. The van der Waals surface area contributed by atoms with Crippen molar-refractivity contribution in [3.8, 4) is 28.4 Å². The molecule has 3 aliphatic heterocycles. The molecule has 2 aromatic carbocycles. The average molecular weight is 819 g/mol. The van der Waals surface area contributed by atoms with E-state index in [-0.39, 0.29) is 47.0 Å². The lowest BCUT2D eigenvalue weighted by atomic mass is 9.62. The summed E-state index contributed by atoms with van der Waals surface area (Å²) in [4.78, 5) is 85.8. The number of nitrogens with zero attached hydrogens (tertiary/aromatic N) is 5. The van der Waals surface area contributed by atoms with Gasteiger partial charge in [-0.15, -0.1) is 0 Å². The highest BCUT2D eigenvalue weighted by atomic mass is 16.5. The second-order valence-corrected chi connectivity index (χ2v) is 16.6. The van der Waals surface area contributed by atoms with Crippen molar-refractivity contribution in [3.63, 3.8) is 0 Å². The van der Waals surface area contributed by atoms with Crippen LogP contribution in [0.2, 0.25) is 0 Å². The van der Waals surface area contributed by atoms with Gasteiger partial charge in [-0.25, -0.2) is 0 Å². The molecule has 15 nitrogen and oxygen atoms in total. The molecule has 15 heteroatoms. The van der Waals surface area contributed by atoms with Crippen LogP contribution in [0.25, 0.3) is 21.9 Å². The lowest BCUT2D eigenvalue weighted by molar-refractivity contribution is -0.136. The molecule has 8 rings (SSSR count). The van der Waals surface area contributed by atoms with Gasteiger partial charge in [-0.3, -0.25) is 44.0 Å². The van der Waals surface area contributed by atoms with Crippen molar-refractivity contribution in [2.45, 2.75) is 76.5 Å². The zero-order chi connectivity index (χ0) is 42.3. The quantitative estimate of drug-likeness (QED) is 0.149. The molecule has 2 aromatic heterocycles. The molecule has 5 heterocycles. The van der Waals surface area contributed by atoms with E-state index in [2.05, 4.69) is 15.2 Å². The molecule has 5 amide bonds. The maximum Gasteiger partial charge on any atom is 0.262 e. The van der Waals surface area contributed by atoms with Crippen LogP contribution in [0.5, 0.6) is 17.2 Å². The third kappa shape index (κ3) is 7.73. The van der Waals surface area contributed by atoms with Gasteiger partial charge in [0, 0.05) is 57.6 Å². The number of aromatic nitrogens is 2. The first-order valence-electron chi connectivity index (χ1n) is 20.6. The highest BCUT2D eigenvalue weighted by Crippen LogP contribution is 2.49. The molecule has 0 unspecified atom stereocenters. The molecular formula is C45H50N6O9. The highest BCUT2D eigenvalue weighted by Gasteiger charge is 2.48. The standard InChI is InChI=1S/C45H50N6O9/c1-48(25-35-37(58-3)18-27(19-38(35)59-4)34-24-49(2)42(55)33-23-46-15-13-30(33)34)40(53)8-5-6-16-50-17-7-14-45(26-50)21-29(22-45)60-28-9-10-31-32(20-28)44(57)51(43(31)56)36-11-12-39(52)47-41(36)54/h9-10,13,15,18-20,23-24,29,36H,5-8,11-12,14,16-17,21-22,25-26H2,1-4H3,(H,47,52,54)/t29?,36-,45?/m0/s1. The predicted octanol–water partition coefficient (Wildman–Crippen LogP) is 4.47. The Balaban J connectivity index is 0.812. The second-order valence-electron chi connectivity index (χ2n) is 16.6. The van der Waals surface area contributed by atoms with Crippen molar-refractivity contribution in [3.05, 3.63) is 82.0 Å². The first-order valence-corrected chi connectivity index (χ1v) is 20.6. The van der Waals surface area contributed by atoms with Crippen molar-refractivity contribution >= 4 is 40.3 Å². The number of likely N-dealkylation sites (tertiary alicyclic amines) is 1. The molecule has 1 atom stereocenters. The second kappa shape index (κ2) is 16.5. The molecule has 0 bridgehead atoms.